The molecule has 94 valence electrons. The second kappa shape index (κ2) is 3.58. The van der Waals surface area contributed by atoms with Gasteiger partial charge in [-0.15, -0.1) is 5.47 Å². The predicted molar refractivity (Wildman–Crippen MR) is 70.4 cm³/mol. The van der Waals surface area contributed by atoms with Crippen LogP contribution in [-0.2, 0) is 0 Å². The van der Waals surface area contributed by atoms with E-state index in [4.69, 9.17) is 7.85 Å². The van der Waals surface area contributed by atoms with Gasteiger partial charge in [0.25, 0.3) is 5.92 Å². The smallest absolute Gasteiger partial charge is 0.206 e. The molecule has 0 aromatic carbocycles. The summed E-state index contributed by atoms with van der Waals surface area (Å²) in [6.07, 6.45) is 1.22. The third kappa shape index (κ3) is 1.52. The Balaban J connectivity index is 2.51. The second-order valence-corrected chi connectivity index (χ2v) is 7.53. The molecule has 17 heavy (non-hydrogen) atoms. The van der Waals surface area contributed by atoms with E-state index >= 15 is 0 Å². The Morgan fingerprint density at radius 1 is 1.06 bits per heavy atom. The Morgan fingerprint density at radius 3 is 1.94 bits per heavy atom. The molecular weight excluding hydrogens is 285 g/mol. The van der Waals surface area contributed by atoms with E-state index in [9.17, 15) is 8.78 Å². The lowest BCUT2D eigenvalue weighted by Crippen LogP contribution is -2.43. The number of alkyl halides is 2. The second-order valence-electron chi connectivity index (χ2n) is 6.57. The number of hydrogen-bond acceptors (Lipinski definition) is 0. The van der Waals surface area contributed by atoms with Gasteiger partial charge in [0.2, 0.25) is 0 Å². The van der Waals surface area contributed by atoms with Crippen LogP contribution in [-0.4, -0.2) is 13.8 Å². The van der Waals surface area contributed by atoms with Gasteiger partial charge in [-0.2, -0.15) is 0 Å². The number of rotatable bonds is 0. The predicted octanol–water partition coefficient (Wildman–Crippen LogP) is 4.49. The topological polar surface area (TPSA) is 0 Å². The van der Waals surface area contributed by atoms with Crippen LogP contribution in [0.3, 0.4) is 0 Å². The van der Waals surface area contributed by atoms with Crippen molar-refractivity contribution < 1.29 is 8.78 Å². The molecule has 0 spiro atoms. The molecule has 1 fully saturated rings. The summed E-state index contributed by atoms with van der Waals surface area (Å²) in [6, 6.07) is 0. The lowest BCUT2D eigenvalue weighted by molar-refractivity contribution is -0.157. The lowest BCUT2D eigenvalue weighted by atomic mass is 9.66. The van der Waals surface area contributed by atoms with Crippen LogP contribution in [0.2, 0.25) is 0 Å². The summed E-state index contributed by atoms with van der Waals surface area (Å²) in [4.78, 5) is 0. The quantitative estimate of drug-likeness (QED) is 0.578. The third-order valence-electron chi connectivity index (χ3n) is 5.15. The Hall–Kier alpha value is 0.145. The first kappa shape index (κ1) is 13.6. The summed E-state index contributed by atoms with van der Waals surface area (Å²) < 4.78 is 30.1. The van der Waals surface area contributed by atoms with E-state index in [0.717, 1.165) is 9.95 Å². The molecule has 2 unspecified atom stereocenters. The Bertz CT molecular complexity index is 351. The molecule has 0 saturated heterocycles. The maximum absolute atomic E-state index is 14.6. The minimum Gasteiger partial charge on any atom is -0.206 e. The van der Waals surface area contributed by atoms with Crippen LogP contribution in [0, 0.1) is 22.7 Å². The van der Waals surface area contributed by atoms with Gasteiger partial charge in [0.15, 0.2) is 0 Å². The Morgan fingerprint density at radius 2 is 1.47 bits per heavy atom. The van der Waals surface area contributed by atoms with Crippen molar-refractivity contribution in [2.75, 3.05) is 0 Å². The maximum atomic E-state index is 14.6. The van der Waals surface area contributed by atoms with E-state index in [1.807, 2.05) is 0 Å². The van der Waals surface area contributed by atoms with Gasteiger partial charge in [-0.25, -0.2) is 8.78 Å². The van der Waals surface area contributed by atoms with Crippen molar-refractivity contribution >= 4 is 23.8 Å². The highest BCUT2D eigenvalue weighted by molar-refractivity contribution is 9.11. The van der Waals surface area contributed by atoms with Gasteiger partial charge in [-0.05, 0) is 29.2 Å². The monoisotopic (exact) mass is 302 g/mol. The van der Waals surface area contributed by atoms with Crippen molar-refractivity contribution in [3.05, 3.63) is 9.95 Å². The van der Waals surface area contributed by atoms with Crippen molar-refractivity contribution in [1.29, 1.82) is 0 Å². The lowest BCUT2D eigenvalue weighted by Gasteiger charge is -2.36. The minimum atomic E-state index is -2.66. The summed E-state index contributed by atoms with van der Waals surface area (Å²) >= 11 is 3.43. The van der Waals surface area contributed by atoms with Crippen molar-refractivity contribution in [2.45, 2.75) is 46.5 Å². The van der Waals surface area contributed by atoms with E-state index < -0.39 is 16.8 Å². The molecule has 0 N–H and O–H groups in total. The fourth-order valence-corrected chi connectivity index (χ4v) is 4.28. The zero-order chi connectivity index (χ0) is 13.2. The first-order valence-electron chi connectivity index (χ1n) is 6.04. The molecule has 2 atom stereocenters. The zero-order valence-electron chi connectivity index (χ0n) is 10.8. The Kier molecular flexibility index (Phi) is 2.86. The van der Waals surface area contributed by atoms with Gasteiger partial charge >= 0.3 is 0 Å². The molecule has 2 aliphatic rings. The zero-order valence-corrected chi connectivity index (χ0v) is 12.4. The molecule has 0 aromatic rings. The van der Waals surface area contributed by atoms with Crippen molar-refractivity contribution in [3.63, 3.8) is 0 Å². The first-order valence-corrected chi connectivity index (χ1v) is 6.83. The average Bonchev–Trinajstić information content (AvgIpc) is 2.28. The molecular formula is C13H18BBrF2. The van der Waals surface area contributed by atoms with E-state index in [2.05, 4.69) is 15.9 Å². The van der Waals surface area contributed by atoms with Crippen molar-refractivity contribution in [2.24, 2.45) is 22.7 Å². The van der Waals surface area contributed by atoms with Crippen molar-refractivity contribution in [1.82, 2.24) is 0 Å². The normalized spacial score (nSPS) is 38.1. The van der Waals surface area contributed by atoms with Crippen LogP contribution in [0.1, 0.15) is 40.5 Å². The number of hydrogen-bond donors (Lipinski definition) is 0. The van der Waals surface area contributed by atoms with Crippen LogP contribution >= 0.6 is 15.9 Å². The molecule has 4 heteroatoms. The summed E-state index contributed by atoms with van der Waals surface area (Å²) in [7, 11) is 5.92. The van der Waals surface area contributed by atoms with Crippen LogP contribution < -0.4 is 0 Å². The van der Waals surface area contributed by atoms with Gasteiger partial charge in [-0.3, -0.25) is 0 Å². The van der Waals surface area contributed by atoms with Crippen LogP contribution in [0.15, 0.2) is 9.95 Å². The molecule has 2 radical (unpaired) electrons. The van der Waals surface area contributed by atoms with Gasteiger partial charge < -0.3 is 0 Å². The summed E-state index contributed by atoms with van der Waals surface area (Å²) in [5.74, 6) is -2.70. The summed E-state index contributed by atoms with van der Waals surface area (Å²) in [5, 5.41) is 0. The molecule has 2 rings (SSSR count). The number of allylic oxidation sites excluding steroid dienone is 2. The standard InChI is InChI=1S/C13H18BBrF2/c1-11(2)7-5-9(14)10(15)6-8(7)12(3,4)13(11,16)17/h7-8H,5-6H2,1-4H3. The third-order valence-corrected chi connectivity index (χ3v) is 5.98. The molecule has 0 bridgehead atoms. The van der Waals surface area contributed by atoms with Crippen LogP contribution in [0.25, 0.3) is 0 Å². The molecule has 0 aromatic heterocycles. The fourth-order valence-electron chi connectivity index (χ4n) is 3.77. The Labute approximate surface area is 112 Å². The van der Waals surface area contributed by atoms with Crippen molar-refractivity contribution in [3.8, 4) is 0 Å². The summed E-state index contributed by atoms with van der Waals surface area (Å²) in [6.45, 7) is 6.76. The van der Waals surface area contributed by atoms with Gasteiger partial charge in [0.1, 0.15) is 7.85 Å². The molecule has 1 saturated carbocycles. The highest BCUT2D eigenvalue weighted by atomic mass is 79.9. The number of fused-ring (bicyclic) bond motifs is 1. The van der Waals surface area contributed by atoms with Crippen LogP contribution in [0.5, 0.6) is 0 Å². The maximum Gasteiger partial charge on any atom is 0.258 e. The molecule has 2 aliphatic carbocycles. The molecule has 0 nitrogen and oxygen atoms in total. The van der Waals surface area contributed by atoms with Gasteiger partial charge in [0, 0.05) is 10.8 Å². The highest BCUT2D eigenvalue weighted by Crippen LogP contribution is 2.69. The summed E-state index contributed by atoms with van der Waals surface area (Å²) in [5.41, 5.74) is -1.21. The fraction of sp³-hybridized carbons (Fsp3) is 0.846. The van der Waals surface area contributed by atoms with Gasteiger partial charge in [-0.1, -0.05) is 43.6 Å². The van der Waals surface area contributed by atoms with E-state index in [0.29, 0.717) is 12.8 Å². The highest BCUT2D eigenvalue weighted by Gasteiger charge is 2.71. The van der Waals surface area contributed by atoms with Gasteiger partial charge in [0.05, 0.1) is 0 Å². The number of halogens is 3. The first-order chi connectivity index (χ1) is 7.53. The molecule has 0 heterocycles. The minimum absolute atomic E-state index is 0.00539. The molecule has 0 amide bonds. The van der Waals surface area contributed by atoms with E-state index in [1.165, 1.54) is 0 Å². The SMILES string of the molecule is [B]C1=C(Br)CC2C(C1)C(C)(C)C(F)(F)C2(C)C. The average molecular weight is 303 g/mol. The van der Waals surface area contributed by atoms with E-state index in [1.54, 1.807) is 27.7 Å². The van der Waals surface area contributed by atoms with Crippen LogP contribution in [0.4, 0.5) is 8.78 Å². The van der Waals surface area contributed by atoms with E-state index in [-0.39, 0.29) is 11.8 Å². The molecule has 0 aliphatic heterocycles. The largest absolute Gasteiger partial charge is 0.258 e.